The Bertz CT molecular complexity index is 301. The molecule has 3 nitrogen and oxygen atoms in total. The number of rotatable bonds is 1. The molecule has 0 aliphatic heterocycles. The minimum absolute atomic E-state index is 0.101. The summed E-state index contributed by atoms with van der Waals surface area (Å²) in [5.41, 5.74) is -0.348. The van der Waals surface area contributed by atoms with Crippen molar-refractivity contribution in [3.05, 3.63) is 38.4 Å². The molecule has 0 unspecified atom stereocenters. The molecule has 0 aliphatic carbocycles. The van der Waals surface area contributed by atoms with Gasteiger partial charge in [0.15, 0.2) is 0 Å². The molecule has 0 aliphatic rings. The number of nitrogens with zero attached hydrogens (tertiary/aromatic N) is 1. The zero-order chi connectivity index (χ0) is 8.43. The van der Waals surface area contributed by atoms with Gasteiger partial charge in [0, 0.05) is 0 Å². The third-order valence-corrected chi connectivity index (χ3v) is 1.77. The predicted molar refractivity (Wildman–Crippen MR) is 40.8 cm³/mol. The lowest BCUT2D eigenvalue weighted by Crippen LogP contribution is -1.88. The number of nitro benzene ring substituents is 1. The van der Waals surface area contributed by atoms with Crippen LogP contribution >= 0.6 is 23.2 Å². The Kier molecular flexibility index (Phi) is 2.31. The molecule has 56 valence electrons. The molecule has 0 bridgehead atoms. The van der Waals surface area contributed by atoms with Crippen molar-refractivity contribution in [3.63, 3.8) is 0 Å². The van der Waals surface area contributed by atoms with E-state index in [-0.39, 0.29) is 15.7 Å². The van der Waals surface area contributed by atoms with Crippen LogP contribution in [0.1, 0.15) is 0 Å². The summed E-state index contributed by atoms with van der Waals surface area (Å²) in [4.78, 5) is 9.52. The van der Waals surface area contributed by atoms with Gasteiger partial charge in [-0.1, -0.05) is 23.2 Å². The zero-order valence-electron chi connectivity index (χ0n) is 5.10. The van der Waals surface area contributed by atoms with Crippen LogP contribution in [0.5, 0.6) is 0 Å². The van der Waals surface area contributed by atoms with Crippen LogP contribution in [0.4, 0.5) is 5.69 Å². The smallest absolute Gasteiger partial charge is 0.258 e. The zero-order valence-corrected chi connectivity index (χ0v) is 6.61. The standard InChI is InChI=1S/C6HCl2NO2/c7-4-2-1-3-5(6(4)8)9(10)11/h2H. The van der Waals surface area contributed by atoms with Gasteiger partial charge in [-0.05, 0) is 12.1 Å². The summed E-state index contributed by atoms with van der Waals surface area (Å²) in [6, 6.07) is 5.92. The normalized spacial score (nSPS) is 9.64. The van der Waals surface area contributed by atoms with E-state index in [1.165, 1.54) is 6.07 Å². The van der Waals surface area contributed by atoms with Crippen molar-refractivity contribution in [3.8, 4) is 0 Å². The highest BCUT2D eigenvalue weighted by molar-refractivity contribution is 6.43. The summed E-state index contributed by atoms with van der Waals surface area (Å²) >= 11 is 10.9. The average Bonchev–Trinajstić information content (AvgIpc) is 1.94. The lowest BCUT2D eigenvalue weighted by Gasteiger charge is -1.93. The molecule has 0 saturated carbocycles. The van der Waals surface area contributed by atoms with Crippen molar-refractivity contribution in [2.45, 2.75) is 0 Å². The first-order chi connectivity index (χ1) is 5.13. The van der Waals surface area contributed by atoms with Gasteiger partial charge in [0.25, 0.3) is 5.69 Å². The summed E-state index contributed by atoms with van der Waals surface area (Å²) in [6.07, 6.45) is 0. The van der Waals surface area contributed by atoms with Crippen LogP contribution < -0.4 is 0 Å². The molecule has 11 heavy (non-hydrogen) atoms. The Morgan fingerprint density at radius 1 is 1.55 bits per heavy atom. The fourth-order valence-electron chi connectivity index (χ4n) is 0.525. The van der Waals surface area contributed by atoms with Crippen molar-refractivity contribution < 1.29 is 4.92 Å². The van der Waals surface area contributed by atoms with Gasteiger partial charge in [0.2, 0.25) is 0 Å². The second-order valence-electron chi connectivity index (χ2n) is 1.68. The number of benzene rings is 1. The third kappa shape index (κ3) is 1.61. The predicted octanol–water partition coefficient (Wildman–Crippen LogP) is 2.50. The number of hydrogen-bond acceptors (Lipinski definition) is 2. The average molecular weight is 190 g/mol. The maximum absolute atomic E-state index is 10.2. The minimum Gasteiger partial charge on any atom is -0.258 e. The molecule has 0 N–H and O–H groups in total. The van der Waals surface area contributed by atoms with E-state index in [2.05, 4.69) is 12.1 Å². The van der Waals surface area contributed by atoms with E-state index < -0.39 is 4.92 Å². The van der Waals surface area contributed by atoms with E-state index in [0.717, 1.165) is 0 Å². The molecular weight excluding hydrogens is 189 g/mol. The molecule has 0 amide bonds. The summed E-state index contributed by atoms with van der Waals surface area (Å²) < 4.78 is 0. The molecule has 0 heterocycles. The Morgan fingerprint density at radius 3 is 2.64 bits per heavy atom. The van der Waals surface area contributed by atoms with Gasteiger partial charge in [-0.15, -0.1) is 0 Å². The van der Waals surface area contributed by atoms with Gasteiger partial charge in [-0.3, -0.25) is 10.1 Å². The highest BCUT2D eigenvalue weighted by Gasteiger charge is 2.14. The molecule has 0 atom stereocenters. The van der Waals surface area contributed by atoms with Gasteiger partial charge >= 0.3 is 0 Å². The minimum atomic E-state index is -0.662. The van der Waals surface area contributed by atoms with Crippen LogP contribution in [0.2, 0.25) is 10.0 Å². The second kappa shape index (κ2) is 3.07. The summed E-state index contributed by atoms with van der Waals surface area (Å²) in [5.74, 6) is 0. The molecule has 1 aromatic carbocycles. The van der Waals surface area contributed by atoms with Crippen molar-refractivity contribution in [1.29, 1.82) is 0 Å². The molecule has 1 aromatic rings. The van der Waals surface area contributed by atoms with E-state index in [1.807, 2.05) is 0 Å². The van der Waals surface area contributed by atoms with Crippen LogP contribution in [0.3, 0.4) is 0 Å². The molecule has 5 heteroatoms. The molecule has 2 radical (unpaired) electrons. The lowest BCUT2D eigenvalue weighted by molar-refractivity contribution is -0.385. The van der Waals surface area contributed by atoms with Gasteiger partial charge in [0.05, 0.1) is 16.0 Å². The maximum Gasteiger partial charge on any atom is 0.298 e. The largest absolute Gasteiger partial charge is 0.298 e. The third-order valence-electron chi connectivity index (χ3n) is 0.990. The number of nitro groups is 1. The van der Waals surface area contributed by atoms with Gasteiger partial charge in [-0.2, -0.15) is 0 Å². The van der Waals surface area contributed by atoms with E-state index in [1.54, 1.807) is 0 Å². The first kappa shape index (κ1) is 8.30. The van der Waals surface area contributed by atoms with Gasteiger partial charge < -0.3 is 0 Å². The Balaban J connectivity index is 3.27. The number of halogens is 2. The SMILES string of the molecule is O=[N+]([O-])c1[c][c]cc(Cl)c1Cl. The molecule has 0 saturated heterocycles. The van der Waals surface area contributed by atoms with Crippen LogP contribution in [-0.2, 0) is 0 Å². The van der Waals surface area contributed by atoms with E-state index >= 15 is 0 Å². The Morgan fingerprint density at radius 2 is 2.18 bits per heavy atom. The highest BCUT2D eigenvalue weighted by Crippen LogP contribution is 2.29. The van der Waals surface area contributed by atoms with Gasteiger partial charge in [0.1, 0.15) is 5.02 Å². The van der Waals surface area contributed by atoms with E-state index in [9.17, 15) is 10.1 Å². The molecule has 0 aromatic heterocycles. The van der Waals surface area contributed by atoms with Crippen LogP contribution in [0.15, 0.2) is 6.07 Å². The van der Waals surface area contributed by atoms with E-state index in [4.69, 9.17) is 23.2 Å². The fourth-order valence-corrected chi connectivity index (χ4v) is 0.840. The molecule has 1 rings (SSSR count). The maximum atomic E-state index is 10.2. The topological polar surface area (TPSA) is 43.1 Å². The van der Waals surface area contributed by atoms with Crippen molar-refractivity contribution in [2.75, 3.05) is 0 Å². The van der Waals surface area contributed by atoms with Crippen LogP contribution in [-0.4, -0.2) is 4.92 Å². The summed E-state index contributed by atoms with van der Waals surface area (Å²) in [6.45, 7) is 0. The first-order valence-electron chi connectivity index (χ1n) is 2.54. The second-order valence-corrected chi connectivity index (χ2v) is 2.47. The summed E-state index contributed by atoms with van der Waals surface area (Å²) in [5, 5.41) is 10.2. The first-order valence-corrected chi connectivity index (χ1v) is 3.30. The summed E-state index contributed by atoms with van der Waals surface area (Å²) in [7, 11) is 0. The fraction of sp³-hybridized carbons (Fsp3) is 0. The lowest BCUT2D eigenvalue weighted by atomic mass is 10.3. The highest BCUT2D eigenvalue weighted by atomic mass is 35.5. The van der Waals surface area contributed by atoms with Crippen molar-refractivity contribution in [1.82, 2.24) is 0 Å². The monoisotopic (exact) mass is 189 g/mol. The van der Waals surface area contributed by atoms with Crippen LogP contribution in [0.25, 0.3) is 0 Å². The quantitative estimate of drug-likeness (QED) is 0.504. The van der Waals surface area contributed by atoms with E-state index in [0.29, 0.717) is 0 Å². The molecule has 0 fully saturated rings. The number of hydrogen-bond donors (Lipinski definition) is 0. The Labute approximate surface area is 72.7 Å². The molecule has 0 spiro atoms. The van der Waals surface area contributed by atoms with Gasteiger partial charge in [-0.25, -0.2) is 0 Å². The molecular formula is C6HCl2NO2. The Hall–Kier alpha value is -0.800. The van der Waals surface area contributed by atoms with Crippen molar-refractivity contribution in [2.24, 2.45) is 0 Å². The van der Waals surface area contributed by atoms with Crippen molar-refractivity contribution >= 4 is 28.9 Å². The van der Waals surface area contributed by atoms with Crippen LogP contribution in [0, 0.1) is 22.2 Å².